The fourth-order valence-electron chi connectivity index (χ4n) is 0.636. The zero-order chi connectivity index (χ0) is 9.19. The van der Waals surface area contributed by atoms with E-state index in [9.17, 15) is 4.79 Å². The van der Waals surface area contributed by atoms with Crippen molar-refractivity contribution >= 4 is 14.8 Å². The number of cyclic esters (lactones) is 1. The first-order valence-corrected chi connectivity index (χ1v) is 5.78. The molecule has 0 bridgehead atoms. The number of rotatable bonds is 5. The first-order valence-electron chi connectivity index (χ1n) is 3.56. The Kier molecular flexibility index (Phi) is 2.83. The second-order valence-corrected chi connectivity index (χ2v) is 5.34. The molecule has 5 nitrogen and oxygen atoms in total. The van der Waals surface area contributed by atoms with Crippen LogP contribution in [-0.2, 0) is 22.8 Å². The van der Waals surface area contributed by atoms with Crippen molar-refractivity contribution in [1.29, 1.82) is 0 Å². The summed E-state index contributed by atoms with van der Waals surface area (Å²) < 4.78 is 19.9. The fraction of sp³-hybridized carbons (Fsp3) is 0.833. The molecule has 0 aromatic heterocycles. The summed E-state index contributed by atoms with van der Waals surface area (Å²) in [6.45, 7) is 1.98. The second kappa shape index (κ2) is 3.52. The minimum absolute atomic E-state index is 0.224. The Labute approximate surface area is 71.9 Å². The number of carbonyl (C=O) groups excluding carboxylic acids is 1. The molecule has 0 aromatic rings. The minimum atomic E-state index is -2.48. The lowest BCUT2D eigenvalue weighted by atomic mass is 10.5. The molecule has 0 spiro atoms. The Morgan fingerprint density at radius 1 is 1.50 bits per heavy atom. The zero-order valence-electron chi connectivity index (χ0n) is 7.33. The lowest BCUT2D eigenvalue weighted by Crippen LogP contribution is -2.41. The summed E-state index contributed by atoms with van der Waals surface area (Å²) in [6.07, 6.45) is -0.401. The minimum Gasteiger partial charge on any atom is -0.445 e. The molecule has 6 heteroatoms. The van der Waals surface area contributed by atoms with Crippen LogP contribution < -0.4 is 0 Å². The molecule has 1 rings (SSSR count). The highest BCUT2D eigenvalue weighted by Gasteiger charge is 2.42. The Balaban J connectivity index is 2.23. The maximum atomic E-state index is 10.4. The van der Waals surface area contributed by atoms with Gasteiger partial charge in [-0.05, 0) is 0 Å². The Bertz CT molecular complexity index is 179. The second-order valence-electron chi connectivity index (χ2n) is 2.51. The highest BCUT2D eigenvalue weighted by atomic mass is 28.4. The summed E-state index contributed by atoms with van der Waals surface area (Å²) >= 11 is 0. The van der Waals surface area contributed by atoms with Gasteiger partial charge in [-0.3, -0.25) is 0 Å². The third-order valence-corrected chi connectivity index (χ3v) is 3.88. The lowest BCUT2D eigenvalue weighted by molar-refractivity contribution is -0.117. The highest BCUT2D eigenvalue weighted by molar-refractivity contribution is 6.59. The van der Waals surface area contributed by atoms with Gasteiger partial charge in [-0.15, -0.1) is 0 Å². The van der Waals surface area contributed by atoms with Crippen molar-refractivity contribution in [2.24, 2.45) is 0 Å². The molecule has 1 aliphatic rings. The van der Waals surface area contributed by atoms with Gasteiger partial charge in [0.05, 0.1) is 6.61 Å². The molecule has 12 heavy (non-hydrogen) atoms. The van der Waals surface area contributed by atoms with E-state index in [4.69, 9.17) is 13.3 Å². The van der Waals surface area contributed by atoms with Gasteiger partial charge in [0, 0.05) is 20.8 Å². The normalized spacial score (nSPS) is 22.2. The van der Waals surface area contributed by atoms with Crippen molar-refractivity contribution in [3.63, 3.8) is 0 Å². The standard InChI is InChI=1S/C6H12O5Si/c1-8-12(3,9-2)10-4-5-6(7)11-5/h5H,4H2,1-3H3. The van der Waals surface area contributed by atoms with Crippen molar-refractivity contribution in [3.8, 4) is 0 Å². The zero-order valence-corrected chi connectivity index (χ0v) is 8.33. The largest absolute Gasteiger partial charge is 0.497 e. The number of epoxide rings is 1. The summed E-state index contributed by atoms with van der Waals surface area (Å²) in [7, 11) is 0.556. The summed E-state index contributed by atoms with van der Waals surface area (Å²) in [4.78, 5) is 10.4. The number of ether oxygens (including phenoxy) is 1. The molecule has 0 saturated carbocycles. The molecule has 1 heterocycles. The summed E-state index contributed by atoms with van der Waals surface area (Å²) in [5, 5.41) is 0. The van der Waals surface area contributed by atoms with Crippen molar-refractivity contribution in [2.45, 2.75) is 12.7 Å². The first kappa shape index (κ1) is 9.65. The predicted octanol–water partition coefficient (Wildman–Crippen LogP) is -0.210. The quantitative estimate of drug-likeness (QED) is 0.445. The Morgan fingerprint density at radius 2 is 2.00 bits per heavy atom. The van der Waals surface area contributed by atoms with Crippen molar-refractivity contribution in [3.05, 3.63) is 0 Å². The van der Waals surface area contributed by atoms with Gasteiger partial charge in [0.15, 0.2) is 0 Å². The third kappa shape index (κ3) is 2.28. The van der Waals surface area contributed by atoms with Crippen LogP contribution in [0.5, 0.6) is 0 Å². The number of carbonyl (C=O) groups is 1. The fourth-order valence-corrected chi connectivity index (χ4v) is 1.49. The van der Waals surface area contributed by atoms with Gasteiger partial charge in [0.25, 0.3) is 0 Å². The Hall–Kier alpha value is -0.433. The van der Waals surface area contributed by atoms with Gasteiger partial charge in [0.2, 0.25) is 6.10 Å². The van der Waals surface area contributed by atoms with E-state index in [1.54, 1.807) is 6.55 Å². The molecule has 1 atom stereocenters. The van der Waals surface area contributed by atoms with Crippen molar-refractivity contribution in [2.75, 3.05) is 20.8 Å². The van der Waals surface area contributed by atoms with Crippen LogP contribution in [0.15, 0.2) is 0 Å². The SMILES string of the molecule is CO[Si](C)(OC)OCC1OC1=O. The van der Waals surface area contributed by atoms with Crippen LogP contribution in [0.3, 0.4) is 0 Å². The maximum Gasteiger partial charge on any atom is 0.497 e. The summed E-state index contributed by atoms with van der Waals surface area (Å²) in [6, 6.07) is 0. The van der Waals surface area contributed by atoms with Crippen LogP contribution in [0.1, 0.15) is 0 Å². The van der Waals surface area contributed by atoms with Crippen molar-refractivity contribution in [1.82, 2.24) is 0 Å². The van der Waals surface area contributed by atoms with Crippen LogP contribution in [-0.4, -0.2) is 41.7 Å². The molecule has 0 aromatic carbocycles. The maximum absolute atomic E-state index is 10.4. The Morgan fingerprint density at radius 3 is 2.33 bits per heavy atom. The number of hydrogen-bond acceptors (Lipinski definition) is 5. The van der Waals surface area contributed by atoms with Crippen LogP contribution >= 0.6 is 0 Å². The van der Waals surface area contributed by atoms with Crippen LogP contribution in [0.2, 0.25) is 6.55 Å². The van der Waals surface area contributed by atoms with Crippen LogP contribution in [0.4, 0.5) is 0 Å². The van der Waals surface area contributed by atoms with Crippen molar-refractivity contribution < 1.29 is 22.8 Å². The van der Waals surface area contributed by atoms with E-state index < -0.39 is 14.9 Å². The van der Waals surface area contributed by atoms with E-state index in [-0.39, 0.29) is 12.6 Å². The molecule has 70 valence electrons. The third-order valence-electron chi connectivity index (χ3n) is 1.70. The van der Waals surface area contributed by atoms with Gasteiger partial charge in [-0.1, -0.05) is 0 Å². The molecule has 0 radical (unpaired) electrons. The lowest BCUT2D eigenvalue weighted by Gasteiger charge is -2.20. The van der Waals surface area contributed by atoms with Gasteiger partial charge in [-0.2, -0.15) is 0 Å². The molecule has 0 amide bonds. The monoisotopic (exact) mass is 192 g/mol. The van der Waals surface area contributed by atoms with E-state index >= 15 is 0 Å². The number of hydrogen-bond donors (Lipinski definition) is 0. The van der Waals surface area contributed by atoms with Crippen LogP contribution in [0, 0.1) is 0 Å². The molecule has 1 saturated heterocycles. The average Bonchev–Trinajstić information content (AvgIpc) is 2.78. The molecule has 1 unspecified atom stereocenters. The first-order chi connectivity index (χ1) is 5.61. The summed E-state index contributed by atoms with van der Waals surface area (Å²) in [5.41, 5.74) is 0. The molecular weight excluding hydrogens is 180 g/mol. The molecule has 1 aliphatic heterocycles. The topological polar surface area (TPSA) is 57.3 Å². The predicted molar refractivity (Wildman–Crippen MR) is 41.5 cm³/mol. The summed E-state index contributed by atoms with van der Waals surface area (Å²) in [5.74, 6) is -0.224. The molecule has 0 N–H and O–H groups in total. The van der Waals surface area contributed by atoms with Gasteiger partial charge < -0.3 is 18.0 Å². The van der Waals surface area contributed by atoms with E-state index in [0.29, 0.717) is 0 Å². The van der Waals surface area contributed by atoms with Crippen LogP contribution in [0.25, 0.3) is 0 Å². The van der Waals surface area contributed by atoms with E-state index in [0.717, 1.165) is 0 Å². The van der Waals surface area contributed by atoms with E-state index in [1.165, 1.54) is 14.2 Å². The average molecular weight is 192 g/mol. The van der Waals surface area contributed by atoms with E-state index in [2.05, 4.69) is 4.74 Å². The highest BCUT2D eigenvalue weighted by Crippen LogP contribution is 2.15. The molecular formula is C6H12O5Si. The molecule has 0 aliphatic carbocycles. The van der Waals surface area contributed by atoms with Gasteiger partial charge in [-0.25, -0.2) is 4.79 Å². The van der Waals surface area contributed by atoms with Gasteiger partial charge >= 0.3 is 14.8 Å². The van der Waals surface area contributed by atoms with Gasteiger partial charge in [0.1, 0.15) is 0 Å². The smallest absolute Gasteiger partial charge is 0.445 e. The molecule has 1 fully saturated rings. The van der Waals surface area contributed by atoms with E-state index in [1.807, 2.05) is 0 Å².